The van der Waals surface area contributed by atoms with Crippen molar-refractivity contribution in [3.8, 4) is 0 Å². The second-order valence-electron chi connectivity index (χ2n) is 10.0. The van der Waals surface area contributed by atoms with E-state index in [0.717, 1.165) is 34.9 Å². The Balaban J connectivity index is 1.48. The second-order valence-corrected chi connectivity index (χ2v) is 11.0. The summed E-state index contributed by atoms with van der Waals surface area (Å²) in [5, 5.41) is 17.7. The van der Waals surface area contributed by atoms with E-state index in [4.69, 9.17) is 0 Å². The van der Waals surface area contributed by atoms with Crippen LogP contribution in [0.15, 0.2) is 67.0 Å². The predicted molar refractivity (Wildman–Crippen MR) is 159 cm³/mol. The van der Waals surface area contributed by atoms with Crippen molar-refractivity contribution in [3.63, 3.8) is 0 Å². The quantitative estimate of drug-likeness (QED) is 0.273. The molecule has 0 spiro atoms. The first-order valence-electron chi connectivity index (χ1n) is 13.6. The van der Waals surface area contributed by atoms with E-state index in [-0.39, 0.29) is 30.9 Å². The largest absolute Gasteiger partial charge is 0.480 e. The molecule has 1 saturated heterocycles. The highest BCUT2D eigenvalue weighted by Gasteiger charge is 2.31. The van der Waals surface area contributed by atoms with Crippen LogP contribution in [-0.2, 0) is 20.9 Å². The number of nitrogens with one attached hydrogen (secondary N) is 2. The Bertz CT molecular complexity index is 1290. The van der Waals surface area contributed by atoms with E-state index in [1.54, 1.807) is 24.2 Å². The summed E-state index contributed by atoms with van der Waals surface area (Å²) >= 11 is 1.55. The van der Waals surface area contributed by atoms with E-state index >= 15 is 0 Å². The zero-order valence-electron chi connectivity index (χ0n) is 22.8. The highest BCUT2D eigenvalue weighted by molar-refractivity contribution is 7.98. The molecule has 4 rings (SSSR count). The fourth-order valence-electron chi connectivity index (χ4n) is 5.19. The van der Waals surface area contributed by atoms with Crippen molar-refractivity contribution >= 4 is 46.0 Å². The van der Waals surface area contributed by atoms with E-state index in [0.29, 0.717) is 31.8 Å². The number of hydrogen-bond donors (Lipinski definition) is 3. The van der Waals surface area contributed by atoms with Crippen LogP contribution >= 0.6 is 11.8 Å². The first-order valence-corrected chi connectivity index (χ1v) is 15.0. The summed E-state index contributed by atoms with van der Waals surface area (Å²) in [6.07, 6.45) is 7.38. The summed E-state index contributed by atoms with van der Waals surface area (Å²) in [5.41, 5.74) is 1.92. The molecule has 2 heterocycles. The summed E-state index contributed by atoms with van der Waals surface area (Å²) in [6.45, 7) is 1.91. The molecule has 2 atom stereocenters. The van der Waals surface area contributed by atoms with Crippen molar-refractivity contribution in [3.05, 3.63) is 72.6 Å². The maximum atomic E-state index is 13.2. The van der Waals surface area contributed by atoms with Gasteiger partial charge in [0, 0.05) is 43.8 Å². The Morgan fingerprint density at radius 2 is 1.90 bits per heavy atom. The topological polar surface area (TPSA) is 115 Å². The SMILES string of the molecule is CSCC[C@H](NC(=O)CN(Cc1cccc2ccccc12)C[C@@H]1CCCN1C(=O)CNc1ccncc1)C(=O)O. The van der Waals surface area contributed by atoms with E-state index in [2.05, 4.69) is 39.9 Å². The second kappa shape index (κ2) is 14.7. The minimum Gasteiger partial charge on any atom is -0.480 e. The first-order chi connectivity index (χ1) is 19.4. The van der Waals surface area contributed by atoms with E-state index < -0.39 is 12.0 Å². The molecule has 2 amide bonds. The van der Waals surface area contributed by atoms with E-state index in [1.807, 2.05) is 46.4 Å². The molecule has 1 aromatic heterocycles. The van der Waals surface area contributed by atoms with Gasteiger partial charge >= 0.3 is 5.97 Å². The minimum atomic E-state index is -1.03. The van der Waals surface area contributed by atoms with Gasteiger partial charge in [-0.1, -0.05) is 42.5 Å². The molecule has 0 radical (unpaired) electrons. The van der Waals surface area contributed by atoms with Crippen LogP contribution in [0.2, 0.25) is 0 Å². The molecule has 9 nitrogen and oxygen atoms in total. The number of benzene rings is 2. The number of nitrogens with zero attached hydrogens (tertiary/aromatic N) is 3. The van der Waals surface area contributed by atoms with Crippen LogP contribution < -0.4 is 10.6 Å². The predicted octanol–water partition coefficient (Wildman–Crippen LogP) is 3.46. The van der Waals surface area contributed by atoms with Crippen LogP contribution in [0.5, 0.6) is 0 Å². The van der Waals surface area contributed by atoms with Crippen LogP contribution in [0.1, 0.15) is 24.8 Å². The number of carboxylic acids is 1. The smallest absolute Gasteiger partial charge is 0.326 e. The lowest BCUT2D eigenvalue weighted by atomic mass is 10.0. The van der Waals surface area contributed by atoms with Crippen molar-refractivity contribution in [2.75, 3.05) is 43.5 Å². The Morgan fingerprint density at radius 3 is 2.67 bits per heavy atom. The van der Waals surface area contributed by atoms with E-state index in [9.17, 15) is 19.5 Å². The van der Waals surface area contributed by atoms with Gasteiger partial charge in [0.2, 0.25) is 11.8 Å². The highest BCUT2D eigenvalue weighted by Crippen LogP contribution is 2.23. The molecule has 0 saturated carbocycles. The molecule has 2 aromatic carbocycles. The lowest BCUT2D eigenvalue weighted by Crippen LogP contribution is -2.49. The number of thioether (sulfide) groups is 1. The van der Waals surface area contributed by atoms with Crippen LogP contribution in [0.4, 0.5) is 5.69 Å². The Hall–Kier alpha value is -3.63. The molecular formula is C30H37N5O4S. The number of amides is 2. The number of pyridine rings is 1. The maximum Gasteiger partial charge on any atom is 0.326 e. The average molecular weight is 564 g/mol. The van der Waals surface area contributed by atoms with Gasteiger partial charge in [0.15, 0.2) is 0 Å². The summed E-state index contributed by atoms with van der Waals surface area (Å²) in [7, 11) is 0. The van der Waals surface area contributed by atoms with Crippen molar-refractivity contribution in [2.45, 2.75) is 37.9 Å². The molecule has 40 heavy (non-hydrogen) atoms. The first kappa shape index (κ1) is 29.4. The van der Waals surface area contributed by atoms with Gasteiger partial charge in [-0.2, -0.15) is 11.8 Å². The zero-order chi connectivity index (χ0) is 28.3. The van der Waals surface area contributed by atoms with Gasteiger partial charge in [-0.3, -0.25) is 19.5 Å². The summed E-state index contributed by atoms with van der Waals surface area (Å²) in [4.78, 5) is 46.0. The molecule has 0 aliphatic carbocycles. The van der Waals surface area contributed by atoms with Gasteiger partial charge in [0.25, 0.3) is 0 Å². The number of aromatic nitrogens is 1. The normalized spacial score (nSPS) is 15.8. The third-order valence-corrected chi connectivity index (χ3v) is 7.82. The Morgan fingerprint density at radius 1 is 1.12 bits per heavy atom. The lowest BCUT2D eigenvalue weighted by molar-refractivity contribution is -0.142. The number of carboxylic acid groups (broad SMARTS) is 1. The van der Waals surface area contributed by atoms with Crippen molar-refractivity contribution < 1.29 is 19.5 Å². The number of anilines is 1. The third kappa shape index (κ3) is 8.19. The molecule has 3 aromatic rings. The molecule has 0 unspecified atom stereocenters. The molecule has 212 valence electrons. The van der Waals surface area contributed by atoms with Crippen molar-refractivity contribution in [2.24, 2.45) is 0 Å². The number of rotatable bonds is 14. The van der Waals surface area contributed by atoms with Crippen LogP contribution in [0.3, 0.4) is 0 Å². The monoisotopic (exact) mass is 563 g/mol. The fraction of sp³-hybridized carbons (Fsp3) is 0.400. The van der Waals surface area contributed by atoms with Gasteiger partial charge in [-0.05, 0) is 59.7 Å². The molecule has 0 bridgehead atoms. The third-order valence-electron chi connectivity index (χ3n) is 7.18. The van der Waals surface area contributed by atoms with Gasteiger partial charge in [0.1, 0.15) is 6.04 Å². The maximum absolute atomic E-state index is 13.2. The molecular weight excluding hydrogens is 526 g/mol. The highest BCUT2D eigenvalue weighted by atomic mass is 32.2. The van der Waals surface area contributed by atoms with Crippen molar-refractivity contribution in [1.82, 2.24) is 20.1 Å². The number of likely N-dealkylation sites (tertiary alicyclic amines) is 1. The molecule has 10 heteroatoms. The lowest BCUT2D eigenvalue weighted by Gasteiger charge is -2.31. The average Bonchev–Trinajstić information content (AvgIpc) is 3.42. The fourth-order valence-corrected chi connectivity index (χ4v) is 5.66. The van der Waals surface area contributed by atoms with Crippen molar-refractivity contribution in [1.29, 1.82) is 0 Å². The standard InChI is InChI=1S/C30H37N5O4S/c1-40-17-13-27(30(38)39)33-28(36)21-34(19-23-8-4-7-22-6-2-3-10-26(22)23)20-25-9-5-16-35(25)29(37)18-32-24-11-14-31-15-12-24/h2-4,6-8,10-12,14-15,25,27H,5,9,13,16-21H2,1H3,(H,31,32)(H,33,36)(H,38,39)/t25-,27-/m0/s1. The number of hydrogen-bond acceptors (Lipinski definition) is 7. The van der Waals surface area contributed by atoms with Crippen LogP contribution in [-0.4, -0.2) is 87.9 Å². The number of aliphatic carboxylic acids is 1. The summed E-state index contributed by atoms with van der Waals surface area (Å²) in [5.74, 6) is -0.706. The number of carbonyl (C=O) groups excluding carboxylic acids is 2. The summed E-state index contributed by atoms with van der Waals surface area (Å²) in [6, 6.07) is 16.9. The summed E-state index contributed by atoms with van der Waals surface area (Å²) < 4.78 is 0. The van der Waals surface area contributed by atoms with Crippen LogP contribution in [0, 0.1) is 0 Å². The Labute approximate surface area is 239 Å². The van der Waals surface area contributed by atoms with Gasteiger partial charge in [0.05, 0.1) is 13.1 Å². The molecule has 1 aliphatic rings. The number of fused-ring (bicyclic) bond motifs is 1. The Kier molecular flexibility index (Phi) is 10.8. The van der Waals surface area contributed by atoms with Gasteiger partial charge in [-0.15, -0.1) is 0 Å². The van der Waals surface area contributed by atoms with Gasteiger partial charge < -0.3 is 20.6 Å². The zero-order valence-corrected chi connectivity index (χ0v) is 23.6. The molecule has 1 aliphatic heterocycles. The van der Waals surface area contributed by atoms with Gasteiger partial charge in [-0.25, -0.2) is 4.79 Å². The van der Waals surface area contributed by atoms with Crippen LogP contribution in [0.25, 0.3) is 10.8 Å². The molecule has 1 fully saturated rings. The minimum absolute atomic E-state index is 0.0110. The number of carbonyl (C=O) groups is 3. The molecule has 3 N–H and O–H groups in total. The van der Waals surface area contributed by atoms with E-state index in [1.165, 1.54) is 0 Å².